The fraction of sp³-hybridized carbons (Fsp3) is 1.00. The van der Waals surface area contributed by atoms with Crippen LogP contribution < -0.4 is 0 Å². The zero-order valence-corrected chi connectivity index (χ0v) is 6.23. The van der Waals surface area contributed by atoms with E-state index in [0.717, 1.165) is 19.5 Å². The summed E-state index contributed by atoms with van der Waals surface area (Å²) in [7, 11) is 1.97. The maximum absolute atomic E-state index is 10.4. The van der Waals surface area contributed by atoms with Crippen molar-refractivity contribution < 1.29 is 8.76 Å². The lowest BCUT2D eigenvalue weighted by Gasteiger charge is -2.04. The van der Waals surface area contributed by atoms with Crippen LogP contribution in [0, 0.1) is 0 Å². The third kappa shape index (κ3) is 1.74. The number of likely N-dealkylation sites (tertiary alicyclic amines) is 1. The van der Waals surface area contributed by atoms with Gasteiger partial charge < -0.3 is 9.45 Å². The highest BCUT2D eigenvalue weighted by molar-refractivity contribution is 7.79. The monoisotopic (exact) mass is 149 g/mol. The van der Waals surface area contributed by atoms with Crippen molar-refractivity contribution in [3.05, 3.63) is 0 Å². The minimum absolute atomic E-state index is 0.00463. The molecule has 54 valence electrons. The van der Waals surface area contributed by atoms with Gasteiger partial charge in [-0.05, 0) is 20.0 Å². The van der Waals surface area contributed by atoms with E-state index in [9.17, 15) is 4.21 Å². The lowest BCUT2D eigenvalue weighted by Crippen LogP contribution is -2.19. The molecule has 0 saturated carbocycles. The van der Waals surface area contributed by atoms with Crippen molar-refractivity contribution in [2.24, 2.45) is 0 Å². The Hall–Kier alpha value is 0.0700. The van der Waals surface area contributed by atoms with E-state index in [2.05, 4.69) is 4.90 Å². The van der Waals surface area contributed by atoms with Crippen LogP contribution in [-0.2, 0) is 11.1 Å². The van der Waals surface area contributed by atoms with Crippen LogP contribution in [0.1, 0.15) is 6.42 Å². The molecule has 0 aliphatic carbocycles. The lowest BCUT2D eigenvalue weighted by molar-refractivity contribution is 0.416. The summed E-state index contributed by atoms with van der Waals surface area (Å²) in [6.07, 6.45) is 0.861. The van der Waals surface area contributed by atoms with Gasteiger partial charge in [0.1, 0.15) is 0 Å². The molecule has 1 fully saturated rings. The topological polar surface area (TPSA) is 40.5 Å². The highest BCUT2D eigenvalue weighted by Crippen LogP contribution is 2.10. The van der Waals surface area contributed by atoms with E-state index < -0.39 is 11.1 Å². The molecule has 1 saturated heterocycles. The van der Waals surface area contributed by atoms with Gasteiger partial charge in [0.2, 0.25) is 0 Å². The molecule has 0 aromatic rings. The Bertz CT molecular complexity index is 128. The van der Waals surface area contributed by atoms with Crippen molar-refractivity contribution >= 4 is 11.1 Å². The summed E-state index contributed by atoms with van der Waals surface area (Å²) < 4.78 is 19.0. The van der Waals surface area contributed by atoms with Gasteiger partial charge in [-0.15, -0.1) is 0 Å². The summed E-state index contributed by atoms with van der Waals surface area (Å²) in [5, 5.41) is -0.00463. The second kappa shape index (κ2) is 2.77. The number of nitrogens with zero attached hydrogens (tertiary/aromatic N) is 1. The van der Waals surface area contributed by atoms with E-state index in [-0.39, 0.29) is 5.25 Å². The van der Waals surface area contributed by atoms with Gasteiger partial charge >= 0.3 is 0 Å². The van der Waals surface area contributed by atoms with Gasteiger partial charge in [0.05, 0.1) is 5.25 Å². The Labute approximate surface area is 57.3 Å². The molecule has 0 bridgehead atoms. The van der Waals surface area contributed by atoms with E-state index in [1.165, 1.54) is 0 Å². The molecule has 0 amide bonds. The predicted octanol–water partition coefficient (Wildman–Crippen LogP) is -0.0878. The van der Waals surface area contributed by atoms with E-state index in [1.807, 2.05) is 7.05 Å². The Morgan fingerprint density at radius 1 is 1.78 bits per heavy atom. The van der Waals surface area contributed by atoms with E-state index in [1.54, 1.807) is 0 Å². The molecule has 1 N–H and O–H groups in total. The maximum Gasteiger partial charge on any atom is 0.157 e. The van der Waals surface area contributed by atoms with Gasteiger partial charge in [0.25, 0.3) is 0 Å². The third-order valence-corrected chi connectivity index (χ3v) is 2.59. The number of hydrogen-bond donors (Lipinski definition) is 1. The van der Waals surface area contributed by atoms with Crippen molar-refractivity contribution in [2.75, 3.05) is 20.1 Å². The van der Waals surface area contributed by atoms with Crippen LogP contribution in [0.15, 0.2) is 0 Å². The van der Waals surface area contributed by atoms with E-state index in [0.29, 0.717) is 0 Å². The third-order valence-electron chi connectivity index (χ3n) is 1.63. The average Bonchev–Trinajstić information content (AvgIpc) is 2.14. The SMILES string of the molecule is CN1CC[C@H](S(=O)O)C1. The standard InChI is InChI=1S/C5H11NO2S/c1-6-3-2-5(4-6)9(7)8/h5H,2-4H2,1H3,(H,7,8)/t5-/m0/s1. The molecule has 1 aliphatic heterocycles. The molecule has 1 aliphatic rings. The van der Waals surface area contributed by atoms with Gasteiger partial charge in [-0.25, -0.2) is 4.21 Å². The van der Waals surface area contributed by atoms with Crippen LogP contribution >= 0.6 is 0 Å². The summed E-state index contributed by atoms with van der Waals surface area (Å²) in [5.74, 6) is 0. The first-order valence-electron chi connectivity index (χ1n) is 2.98. The zero-order chi connectivity index (χ0) is 6.85. The smallest absolute Gasteiger partial charge is 0.157 e. The Balaban J connectivity index is 2.39. The summed E-state index contributed by atoms with van der Waals surface area (Å²) in [5.41, 5.74) is 0. The van der Waals surface area contributed by atoms with E-state index >= 15 is 0 Å². The summed E-state index contributed by atoms with van der Waals surface area (Å²) in [6.45, 7) is 1.72. The van der Waals surface area contributed by atoms with Crippen molar-refractivity contribution in [1.29, 1.82) is 0 Å². The second-order valence-corrected chi connectivity index (χ2v) is 3.67. The van der Waals surface area contributed by atoms with Crippen molar-refractivity contribution in [3.63, 3.8) is 0 Å². The molecule has 3 nitrogen and oxygen atoms in total. The van der Waals surface area contributed by atoms with Crippen molar-refractivity contribution in [1.82, 2.24) is 4.90 Å². The molecule has 0 aromatic carbocycles. The summed E-state index contributed by atoms with van der Waals surface area (Å²) in [6, 6.07) is 0. The summed E-state index contributed by atoms with van der Waals surface area (Å²) in [4.78, 5) is 2.07. The molecule has 2 atom stereocenters. The molecule has 9 heavy (non-hydrogen) atoms. The van der Waals surface area contributed by atoms with Gasteiger partial charge in [-0.2, -0.15) is 0 Å². The first kappa shape index (κ1) is 7.18. The van der Waals surface area contributed by atoms with Crippen LogP contribution in [0.4, 0.5) is 0 Å². The first-order valence-corrected chi connectivity index (χ1v) is 4.15. The largest absolute Gasteiger partial charge is 0.306 e. The normalized spacial score (nSPS) is 32.9. The Morgan fingerprint density at radius 2 is 2.44 bits per heavy atom. The van der Waals surface area contributed by atoms with Gasteiger partial charge in [0, 0.05) is 6.54 Å². The van der Waals surface area contributed by atoms with Crippen molar-refractivity contribution in [3.8, 4) is 0 Å². The average molecular weight is 149 g/mol. The van der Waals surface area contributed by atoms with Gasteiger partial charge in [-0.3, -0.25) is 0 Å². The zero-order valence-electron chi connectivity index (χ0n) is 5.41. The van der Waals surface area contributed by atoms with Crippen LogP contribution in [0.3, 0.4) is 0 Å². The van der Waals surface area contributed by atoms with Gasteiger partial charge in [0.15, 0.2) is 11.1 Å². The lowest BCUT2D eigenvalue weighted by atomic mass is 10.4. The molecule has 1 heterocycles. The Kier molecular flexibility index (Phi) is 2.21. The molecule has 0 radical (unpaired) electrons. The highest BCUT2D eigenvalue weighted by Gasteiger charge is 2.23. The second-order valence-electron chi connectivity index (χ2n) is 2.45. The fourth-order valence-electron chi connectivity index (χ4n) is 1.06. The maximum atomic E-state index is 10.4. The van der Waals surface area contributed by atoms with Crippen LogP contribution in [0.2, 0.25) is 0 Å². The molecule has 4 heteroatoms. The minimum Gasteiger partial charge on any atom is -0.306 e. The quantitative estimate of drug-likeness (QED) is 0.530. The number of rotatable bonds is 1. The molecule has 0 spiro atoms. The summed E-state index contributed by atoms with van der Waals surface area (Å²) >= 11 is -1.60. The molecule has 0 aromatic heterocycles. The van der Waals surface area contributed by atoms with Crippen LogP contribution in [0.5, 0.6) is 0 Å². The highest BCUT2D eigenvalue weighted by atomic mass is 32.2. The Morgan fingerprint density at radius 3 is 2.67 bits per heavy atom. The molecular formula is C5H11NO2S. The molecular weight excluding hydrogens is 138 g/mol. The van der Waals surface area contributed by atoms with E-state index in [4.69, 9.17) is 4.55 Å². The predicted molar refractivity (Wildman–Crippen MR) is 36.7 cm³/mol. The van der Waals surface area contributed by atoms with Crippen LogP contribution in [-0.4, -0.2) is 39.0 Å². The number of hydrogen-bond acceptors (Lipinski definition) is 2. The molecule has 1 rings (SSSR count). The molecule has 1 unspecified atom stereocenters. The first-order chi connectivity index (χ1) is 4.20. The van der Waals surface area contributed by atoms with Crippen LogP contribution in [0.25, 0.3) is 0 Å². The minimum atomic E-state index is -1.60. The fourth-order valence-corrected chi connectivity index (χ4v) is 1.75. The van der Waals surface area contributed by atoms with Crippen molar-refractivity contribution in [2.45, 2.75) is 11.7 Å². The van der Waals surface area contributed by atoms with Gasteiger partial charge in [-0.1, -0.05) is 0 Å².